The maximum atomic E-state index is 11.7. The number of hydrogen-bond donors (Lipinski definition) is 2. The van der Waals surface area contributed by atoms with Crippen molar-refractivity contribution >= 4 is 40.8 Å². The van der Waals surface area contributed by atoms with Gasteiger partial charge in [-0.3, -0.25) is 4.79 Å². The van der Waals surface area contributed by atoms with Crippen molar-refractivity contribution in [1.29, 1.82) is 0 Å². The van der Waals surface area contributed by atoms with Gasteiger partial charge in [-0.05, 0) is 7.05 Å². The van der Waals surface area contributed by atoms with Gasteiger partial charge in [-0.15, -0.1) is 12.4 Å². The molecule has 114 valence electrons. The van der Waals surface area contributed by atoms with Crippen LogP contribution in [0.2, 0.25) is 0 Å². The third-order valence-corrected chi connectivity index (χ3v) is 3.24. The first-order valence-electron chi connectivity index (χ1n) is 5.83. The molecule has 0 saturated heterocycles. The van der Waals surface area contributed by atoms with E-state index in [1.54, 1.807) is 7.05 Å². The van der Waals surface area contributed by atoms with E-state index in [-0.39, 0.29) is 30.3 Å². The number of likely N-dealkylation sites (N-methyl/N-ethyl adjacent to an activating group) is 1. The molecule has 0 aliphatic heterocycles. The number of thiazole rings is 1. The molecule has 0 saturated carbocycles. The maximum Gasteiger partial charge on any atom is 0.350 e. The highest BCUT2D eigenvalue weighted by atomic mass is 35.5. The monoisotopic (exact) mass is 321 g/mol. The molecule has 0 atom stereocenters. The largest absolute Gasteiger partial charge is 0.465 e. The minimum Gasteiger partial charge on any atom is -0.465 e. The molecule has 1 aromatic heterocycles. The molecule has 2 N–H and O–H groups in total. The highest BCUT2D eigenvalue weighted by Gasteiger charge is 2.28. The van der Waals surface area contributed by atoms with Crippen LogP contribution < -0.4 is 10.6 Å². The number of aromatic nitrogens is 1. The molecule has 0 fully saturated rings. The Morgan fingerprint density at radius 2 is 1.95 bits per heavy atom. The molecule has 1 heterocycles. The molecule has 20 heavy (non-hydrogen) atoms. The molecule has 0 aliphatic carbocycles. The van der Waals surface area contributed by atoms with Crippen molar-refractivity contribution in [2.24, 2.45) is 0 Å². The average molecular weight is 322 g/mol. The van der Waals surface area contributed by atoms with Crippen LogP contribution in [0.25, 0.3) is 0 Å². The summed E-state index contributed by atoms with van der Waals surface area (Å²) in [6.07, 6.45) is 0. The van der Waals surface area contributed by atoms with Crippen molar-refractivity contribution in [1.82, 2.24) is 10.3 Å². The summed E-state index contributed by atoms with van der Waals surface area (Å²) in [5, 5.41) is 5.81. The van der Waals surface area contributed by atoms with Crippen LogP contribution in [0.15, 0.2) is 0 Å². The molecule has 0 unspecified atom stereocenters. The molecule has 1 aromatic rings. The van der Waals surface area contributed by atoms with Crippen LogP contribution in [0, 0.1) is 0 Å². The normalized spacial score (nSPS) is 10.7. The number of ether oxygens (including phenoxy) is 1. The van der Waals surface area contributed by atoms with E-state index >= 15 is 0 Å². The van der Waals surface area contributed by atoms with E-state index in [1.165, 1.54) is 7.11 Å². The number of rotatable bonds is 4. The van der Waals surface area contributed by atoms with E-state index in [2.05, 4.69) is 15.6 Å². The zero-order valence-corrected chi connectivity index (χ0v) is 13.8. The minimum absolute atomic E-state index is 0. The van der Waals surface area contributed by atoms with Crippen LogP contribution in [0.4, 0.5) is 5.13 Å². The average Bonchev–Trinajstić information content (AvgIpc) is 2.72. The lowest BCUT2D eigenvalue weighted by molar-refractivity contribution is -0.115. The molecule has 8 heteroatoms. The second-order valence-electron chi connectivity index (χ2n) is 5.02. The second kappa shape index (κ2) is 7.56. The Labute approximate surface area is 128 Å². The lowest BCUT2D eigenvalue weighted by atomic mass is 9.91. The Balaban J connectivity index is 0.00000361. The van der Waals surface area contributed by atoms with E-state index in [9.17, 15) is 9.59 Å². The zero-order chi connectivity index (χ0) is 14.6. The molecule has 6 nitrogen and oxygen atoms in total. The van der Waals surface area contributed by atoms with Crippen molar-refractivity contribution in [2.45, 2.75) is 26.2 Å². The Morgan fingerprint density at radius 3 is 2.40 bits per heavy atom. The van der Waals surface area contributed by atoms with E-state index < -0.39 is 5.97 Å². The molecule has 0 radical (unpaired) electrons. The number of methoxy groups -OCH3 is 1. The number of carbonyl (C=O) groups is 2. The van der Waals surface area contributed by atoms with Crippen molar-refractivity contribution in [3.05, 3.63) is 10.6 Å². The third kappa shape index (κ3) is 4.73. The first-order valence-corrected chi connectivity index (χ1v) is 6.65. The first-order chi connectivity index (χ1) is 8.79. The number of nitrogens with one attached hydrogen (secondary N) is 2. The fourth-order valence-electron chi connectivity index (χ4n) is 1.44. The van der Waals surface area contributed by atoms with Gasteiger partial charge in [-0.25, -0.2) is 9.78 Å². The number of nitrogens with zero attached hydrogens (tertiary/aromatic N) is 1. The van der Waals surface area contributed by atoms with Gasteiger partial charge in [0.05, 0.1) is 19.3 Å². The number of esters is 1. The van der Waals surface area contributed by atoms with Gasteiger partial charge in [0.15, 0.2) is 5.13 Å². The van der Waals surface area contributed by atoms with Gasteiger partial charge in [-0.2, -0.15) is 0 Å². The van der Waals surface area contributed by atoms with Crippen molar-refractivity contribution in [3.63, 3.8) is 0 Å². The molecule has 1 rings (SSSR count). The standard InChI is InChI=1S/C12H19N3O3S.ClH/c1-12(2,3)9-8(10(17)18-5)19-11(15-9)14-7(16)6-13-4;/h13H,6H2,1-5H3,(H,14,15,16);1H. The van der Waals surface area contributed by atoms with Gasteiger partial charge in [0.2, 0.25) is 5.91 Å². The highest BCUT2D eigenvalue weighted by molar-refractivity contribution is 7.17. The van der Waals surface area contributed by atoms with Gasteiger partial charge in [0.1, 0.15) is 4.88 Å². The number of carbonyl (C=O) groups excluding carboxylic acids is 2. The van der Waals surface area contributed by atoms with Crippen LogP contribution in [-0.4, -0.2) is 37.6 Å². The molecular formula is C12H20ClN3O3S. The van der Waals surface area contributed by atoms with E-state index in [4.69, 9.17) is 4.74 Å². The Kier molecular flexibility index (Phi) is 7.12. The topological polar surface area (TPSA) is 80.3 Å². The molecular weight excluding hydrogens is 302 g/mol. The first kappa shape index (κ1) is 18.8. The summed E-state index contributed by atoms with van der Waals surface area (Å²) in [6, 6.07) is 0. The van der Waals surface area contributed by atoms with E-state index in [0.29, 0.717) is 15.7 Å². The summed E-state index contributed by atoms with van der Waals surface area (Å²) in [6.45, 7) is 6.05. The Hall–Kier alpha value is -1.18. The van der Waals surface area contributed by atoms with Crippen molar-refractivity contribution in [3.8, 4) is 0 Å². The third-order valence-electron chi connectivity index (χ3n) is 2.29. The Morgan fingerprint density at radius 1 is 1.35 bits per heavy atom. The summed E-state index contributed by atoms with van der Waals surface area (Å²) in [5.41, 5.74) is 0.329. The Bertz CT molecular complexity index is 483. The predicted molar refractivity (Wildman–Crippen MR) is 82.0 cm³/mol. The molecule has 1 amide bonds. The number of anilines is 1. The van der Waals surface area contributed by atoms with Gasteiger partial charge < -0.3 is 15.4 Å². The van der Waals surface area contributed by atoms with Gasteiger partial charge >= 0.3 is 5.97 Å². The lowest BCUT2D eigenvalue weighted by Crippen LogP contribution is -2.25. The van der Waals surface area contributed by atoms with Crippen LogP contribution in [0.1, 0.15) is 36.1 Å². The van der Waals surface area contributed by atoms with Gasteiger partial charge in [0.25, 0.3) is 0 Å². The van der Waals surface area contributed by atoms with Crippen molar-refractivity contribution in [2.75, 3.05) is 26.0 Å². The fourth-order valence-corrected chi connectivity index (χ4v) is 2.55. The molecule has 0 spiro atoms. The van der Waals surface area contributed by atoms with Gasteiger partial charge in [-0.1, -0.05) is 32.1 Å². The number of halogens is 1. The maximum absolute atomic E-state index is 11.7. The van der Waals surface area contributed by atoms with Gasteiger partial charge in [0, 0.05) is 5.41 Å². The van der Waals surface area contributed by atoms with Crippen LogP contribution in [0.5, 0.6) is 0 Å². The minimum atomic E-state index is -0.434. The predicted octanol–water partition coefficient (Wildman–Crippen LogP) is 1.81. The molecule has 0 aromatic carbocycles. The summed E-state index contributed by atoms with van der Waals surface area (Å²) in [5.74, 6) is -0.635. The number of hydrogen-bond acceptors (Lipinski definition) is 6. The summed E-state index contributed by atoms with van der Waals surface area (Å²) >= 11 is 1.13. The molecule has 0 bridgehead atoms. The summed E-state index contributed by atoms with van der Waals surface area (Å²) < 4.78 is 4.74. The quantitative estimate of drug-likeness (QED) is 0.827. The second-order valence-corrected chi connectivity index (χ2v) is 6.02. The summed E-state index contributed by atoms with van der Waals surface area (Å²) in [4.78, 5) is 28.0. The van der Waals surface area contributed by atoms with E-state index in [1.807, 2.05) is 20.8 Å². The van der Waals surface area contributed by atoms with Crippen molar-refractivity contribution < 1.29 is 14.3 Å². The van der Waals surface area contributed by atoms with Crippen LogP contribution in [0.3, 0.4) is 0 Å². The molecule has 0 aliphatic rings. The smallest absolute Gasteiger partial charge is 0.350 e. The van der Waals surface area contributed by atoms with Crippen LogP contribution >= 0.6 is 23.7 Å². The van der Waals surface area contributed by atoms with Crippen LogP contribution in [-0.2, 0) is 14.9 Å². The highest BCUT2D eigenvalue weighted by Crippen LogP contribution is 2.32. The SMILES string of the molecule is CNCC(=O)Nc1nc(C(C)(C)C)c(C(=O)OC)s1.Cl. The zero-order valence-electron chi connectivity index (χ0n) is 12.2. The lowest BCUT2D eigenvalue weighted by Gasteiger charge is -2.16. The van der Waals surface area contributed by atoms with E-state index in [0.717, 1.165) is 11.3 Å². The summed E-state index contributed by atoms with van der Waals surface area (Å²) in [7, 11) is 3.01. The fraction of sp³-hybridized carbons (Fsp3) is 0.583. The number of amides is 1.